The Hall–Kier alpha value is -1.95. The number of carbonyl (C=O) groups excluding carboxylic acids is 1. The molecule has 6 nitrogen and oxygen atoms in total. The van der Waals surface area contributed by atoms with E-state index in [-0.39, 0.29) is 23.8 Å². The Morgan fingerprint density at radius 2 is 2.11 bits per heavy atom. The summed E-state index contributed by atoms with van der Waals surface area (Å²) in [6.45, 7) is 5.33. The van der Waals surface area contributed by atoms with E-state index in [0.29, 0.717) is 0 Å². The number of nitro benzene ring substituents is 1. The second-order valence-corrected chi connectivity index (χ2v) is 4.82. The third-order valence-corrected chi connectivity index (χ3v) is 2.72. The minimum absolute atomic E-state index is 0.123. The average molecular weight is 251 g/mol. The monoisotopic (exact) mass is 251 g/mol. The second-order valence-electron chi connectivity index (χ2n) is 4.82. The lowest BCUT2D eigenvalue weighted by Crippen LogP contribution is -2.37. The lowest BCUT2D eigenvalue weighted by molar-refractivity contribution is -0.383. The third kappa shape index (κ3) is 3.04. The van der Waals surface area contributed by atoms with Crippen LogP contribution in [0.3, 0.4) is 0 Å². The molecular formula is C12H17N3O3. The van der Waals surface area contributed by atoms with Crippen LogP contribution in [0, 0.1) is 22.5 Å². The Balaban J connectivity index is 3.07. The number of nitro groups is 1. The number of hydrogen-bond donors (Lipinski definition) is 2. The third-order valence-electron chi connectivity index (χ3n) is 2.72. The van der Waals surface area contributed by atoms with Crippen molar-refractivity contribution in [3.63, 3.8) is 0 Å². The fourth-order valence-corrected chi connectivity index (χ4v) is 1.29. The molecule has 0 saturated heterocycles. The van der Waals surface area contributed by atoms with Gasteiger partial charge in [-0.3, -0.25) is 14.9 Å². The Bertz CT molecular complexity index is 483. The first-order chi connectivity index (χ1) is 8.27. The Morgan fingerprint density at radius 3 is 2.61 bits per heavy atom. The fraction of sp³-hybridized carbons (Fsp3) is 0.417. The number of nitrogens with one attached hydrogen (secondary N) is 1. The van der Waals surface area contributed by atoms with Crippen molar-refractivity contribution >= 4 is 17.3 Å². The predicted octanol–water partition coefficient (Wildman–Crippen LogP) is 1.83. The zero-order valence-electron chi connectivity index (χ0n) is 10.7. The summed E-state index contributed by atoms with van der Waals surface area (Å²) in [7, 11) is 0. The molecule has 6 heteroatoms. The number of carbonyl (C=O) groups is 1. The summed E-state index contributed by atoms with van der Waals surface area (Å²) in [5.41, 5.74) is 5.64. The summed E-state index contributed by atoms with van der Waals surface area (Å²) in [4.78, 5) is 22.3. The Labute approximate surface area is 105 Å². The molecule has 0 unspecified atom stereocenters. The summed E-state index contributed by atoms with van der Waals surface area (Å²) in [6, 6.07) is 4.57. The van der Waals surface area contributed by atoms with E-state index in [1.165, 1.54) is 6.07 Å². The van der Waals surface area contributed by atoms with Gasteiger partial charge >= 0.3 is 0 Å². The van der Waals surface area contributed by atoms with Crippen molar-refractivity contribution < 1.29 is 9.72 Å². The highest BCUT2D eigenvalue weighted by molar-refractivity contribution is 5.96. The van der Waals surface area contributed by atoms with Crippen LogP contribution >= 0.6 is 0 Å². The number of benzene rings is 1. The molecule has 0 aromatic heterocycles. The maximum atomic E-state index is 11.9. The van der Waals surface area contributed by atoms with Crippen molar-refractivity contribution in [3.05, 3.63) is 33.9 Å². The number of hydrogen-bond acceptors (Lipinski definition) is 4. The van der Waals surface area contributed by atoms with Crippen molar-refractivity contribution in [1.82, 2.24) is 0 Å². The van der Waals surface area contributed by atoms with Crippen LogP contribution in [0.1, 0.15) is 19.4 Å². The normalized spacial score (nSPS) is 11.1. The standard InChI is InChI=1S/C12H17N3O3/c1-8-4-5-10(15(17)18)9(6-8)14-11(16)12(2,3)7-13/h4-6H,7,13H2,1-3H3,(H,14,16). The molecule has 3 N–H and O–H groups in total. The molecule has 98 valence electrons. The number of nitrogens with two attached hydrogens (primary N) is 1. The van der Waals surface area contributed by atoms with E-state index in [0.717, 1.165) is 5.56 Å². The minimum atomic E-state index is -0.766. The summed E-state index contributed by atoms with van der Waals surface area (Å²) in [5.74, 6) is -0.335. The van der Waals surface area contributed by atoms with Crippen molar-refractivity contribution in [2.75, 3.05) is 11.9 Å². The van der Waals surface area contributed by atoms with Gasteiger partial charge in [0.15, 0.2) is 0 Å². The Morgan fingerprint density at radius 1 is 1.50 bits per heavy atom. The van der Waals surface area contributed by atoms with Gasteiger partial charge in [0.1, 0.15) is 5.69 Å². The molecule has 1 aromatic carbocycles. The van der Waals surface area contributed by atoms with E-state index >= 15 is 0 Å². The molecule has 1 aromatic rings. The molecule has 0 aliphatic rings. The van der Waals surface area contributed by atoms with Gasteiger partial charge in [-0.15, -0.1) is 0 Å². The van der Waals surface area contributed by atoms with E-state index < -0.39 is 10.3 Å². The molecule has 0 aliphatic heterocycles. The number of rotatable bonds is 4. The quantitative estimate of drug-likeness (QED) is 0.630. The first kappa shape index (κ1) is 14.1. The molecule has 0 atom stereocenters. The van der Waals surface area contributed by atoms with Crippen LogP contribution in [0.4, 0.5) is 11.4 Å². The van der Waals surface area contributed by atoms with Gasteiger partial charge in [-0.2, -0.15) is 0 Å². The zero-order valence-corrected chi connectivity index (χ0v) is 10.7. The zero-order chi connectivity index (χ0) is 13.9. The van der Waals surface area contributed by atoms with Crippen molar-refractivity contribution in [2.45, 2.75) is 20.8 Å². The highest BCUT2D eigenvalue weighted by Crippen LogP contribution is 2.27. The maximum Gasteiger partial charge on any atom is 0.292 e. The molecule has 0 aliphatic carbocycles. The van der Waals surface area contributed by atoms with E-state index in [9.17, 15) is 14.9 Å². The van der Waals surface area contributed by atoms with Crippen molar-refractivity contribution in [1.29, 1.82) is 0 Å². The number of amides is 1. The second kappa shape index (κ2) is 5.14. The van der Waals surface area contributed by atoms with Gasteiger partial charge in [-0.1, -0.05) is 6.07 Å². The maximum absolute atomic E-state index is 11.9. The molecular weight excluding hydrogens is 234 g/mol. The average Bonchev–Trinajstić information content (AvgIpc) is 2.28. The first-order valence-electron chi connectivity index (χ1n) is 5.54. The summed E-state index contributed by atoms with van der Waals surface area (Å²) >= 11 is 0. The molecule has 18 heavy (non-hydrogen) atoms. The van der Waals surface area contributed by atoms with Crippen molar-refractivity contribution in [2.24, 2.45) is 11.1 Å². The van der Waals surface area contributed by atoms with Crippen LogP contribution in [-0.4, -0.2) is 17.4 Å². The molecule has 0 saturated carbocycles. The molecule has 1 rings (SSSR count). The molecule has 0 heterocycles. The van der Waals surface area contributed by atoms with Crippen molar-refractivity contribution in [3.8, 4) is 0 Å². The summed E-state index contributed by atoms with van der Waals surface area (Å²) < 4.78 is 0. The van der Waals surface area contributed by atoms with Crippen LogP contribution in [-0.2, 0) is 4.79 Å². The van der Waals surface area contributed by atoms with E-state index in [2.05, 4.69) is 5.32 Å². The van der Waals surface area contributed by atoms with Gasteiger partial charge in [0, 0.05) is 12.6 Å². The molecule has 0 fully saturated rings. The largest absolute Gasteiger partial charge is 0.329 e. The SMILES string of the molecule is Cc1ccc([N+](=O)[O-])c(NC(=O)C(C)(C)CN)c1. The highest BCUT2D eigenvalue weighted by Gasteiger charge is 2.27. The summed E-state index contributed by atoms with van der Waals surface area (Å²) in [5, 5.41) is 13.4. The number of aryl methyl sites for hydroxylation is 1. The lowest BCUT2D eigenvalue weighted by atomic mass is 9.92. The van der Waals surface area contributed by atoms with Gasteiger partial charge in [0.25, 0.3) is 5.69 Å². The van der Waals surface area contributed by atoms with Crippen LogP contribution in [0.15, 0.2) is 18.2 Å². The van der Waals surface area contributed by atoms with Crippen LogP contribution in [0.5, 0.6) is 0 Å². The number of nitrogens with zero attached hydrogens (tertiary/aromatic N) is 1. The smallest absolute Gasteiger partial charge is 0.292 e. The molecule has 0 bridgehead atoms. The summed E-state index contributed by atoms with van der Waals surface area (Å²) in [6.07, 6.45) is 0. The predicted molar refractivity (Wildman–Crippen MR) is 69.3 cm³/mol. The van der Waals surface area contributed by atoms with Crippen LogP contribution < -0.4 is 11.1 Å². The van der Waals surface area contributed by atoms with Gasteiger partial charge < -0.3 is 11.1 Å². The molecule has 0 spiro atoms. The van der Waals surface area contributed by atoms with E-state index in [1.54, 1.807) is 32.9 Å². The van der Waals surface area contributed by atoms with Gasteiger partial charge in [0.05, 0.1) is 10.3 Å². The van der Waals surface area contributed by atoms with Crippen LogP contribution in [0.25, 0.3) is 0 Å². The first-order valence-corrected chi connectivity index (χ1v) is 5.54. The van der Waals surface area contributed by atoms with Gasteiger partial charge in [-0.25, -0.2) is 0 Å². The van der Waals surface area contributed by atoms with E-state index in [4.69, 9.17) is 5.73 Å². The fourth-order valence-electron chi connectivity index (χ4n) is 1.29. The number of anilines is 1. The topological polar surface area (TPSA) is 98.3 Å². The highest BCUT2D eigenvalue weighted by atomic mass is 16.6. The lowest BCUT2D eigenvalue weighted by Gasteiger charge is -2.21. The van der Waals surface area contributed by atoms with E-state index in [1.807, 2.05) is 0 Å². The molecule has 0 radical (unpaired) electrons. The van der Waals surface area contributed by atoms with Crippen LogP contribution in [0.2, 0.25) is 0 Å². The van der Waals surface area contributed by atoms with Gasteiger partial charge in [-0.05, 0) is 32.4 Å². The minimum Gasteiger partial charge on any atom is -0.329 e. The Kier molecular flexibility index (Phi) is 4.03. The molecule has 1 amide bonds. The van der Waals surface area contributed by atoms with Gasteiger partial charge in [0.2, 0.25) is 5.91 Å².